The maximum absolute atomic E-state index is 12.5. The van der Waals surface area contributed by atoms with Gasteiger partial charge in [0.15, 0.2) is 18.1 Å². The van der Waals surface area contributed by atoms with Gasteiger partial charge in [0.2, 0.25) is 0 Å². The molecule has 0 heterocycles. The SMILES string of the molecule is COc1cc(/C=C(/C#N)C(=O)Nc2cccc([N+](=O)[O-])c2)ccc1OCC(=O)Nc1ccc(C)c(Cl)c1. The number of carbonyl (C=O) groups is 2. The van der Waals surface area contributed by atoms with E-state index in [0.717, 1.165) is 5.56 Å². The maximum atomic E-state index is 12.5. The zero-order valence-electron chi connectivity index (χ0n) is 19.8. The number of carbonyl (C=O) groups excluding carboxylic acids is 2. The molecule has 0 radical (unpaired) electrons. The molecule has 0 aliphatic heterocycles. The molecule has 0 aliphatic carbocycles. The van der Waals surface area contributed by atoms with Gasteiger partial charge in [-0.2, -0.15) is 5.26 Å². The van der Waals surface area contributed by atoms with Crippen molar-refractivity contribution in [2.75, 3.05) is 24.4 Å². The Hall–Kier alpha value is -4.88. The molecule has 0 saturated carbocycles. The topological polar surface area (TPSA) is 144 Å². The van der Waals surface area contributed by atoms with Crippen LogP contribution in [0.2, 0.25) is 5.02 Å². The van der Waals surface area contributed by atoms with E-state index in [1.807, 2.05) is 13.0 Å². The fourth-order valence-corrected chi connectivity index (χ4v) is 3.30. The van der Waals surface area contributed by atoms with E-state index in [-0.39, 0.29) is 35.1 Å². The lowest BCUT2D eigenvalue weighted by Gasteiger charge is -2.12. The van der Waals surface area contributed by atoms with E-state index in [0.29, 0.717) is 16.3 Å². The van der Waals surface area contributed by atoms with Crippen molar-refractivity contribution in [3.63, 3.8) is 0 Å². The third-order valence-corrected chi connectivity index (χ3v) is 5.40. The molecule has 0 saturated heterocycles. The van der Waals surface area contributed by atoms with Crippen molar-refractivity contribution in [3.05, 3.63) is 92.5 Å². The fraction of sp³-hybridized carbons (Fsp3) is 0.115. The molecule has 10 nitrogen and oxygen atoms in total. The van der Waals surface area contributed by atoms with Gasteiger partial charge in [0, 0.05) is 28.5 Å². The molecule has 0 bridgehead atoms. The first-order valence-corrected chi connectivity index (χ1v) is 11.1. The van der Waals surface area contributed by atoms with E-state index < -0.39 is 16.7 Å². The van der Waals surface area contributed by atoms with Crippen LogP contribution in [-0.2, 0) is 9.59 Å². The molecule has 11 heteroatoms. The Bertz CT molecular complexity index is 1430. The number of nitrogens with one attached hydrogen (secondary N) is 2. The van der Waals surface area contributed by atoms with Gasteiger partial charge in [0.05, 0.1) is 12.0 Å². The zero-order valence-corrected chi connectivity index (χ0v) is 20.5. The molecule has 188 valence electrons. The zero-order chi connectivity index (χ0) is 26.9. The smallest absolute Gasteiger partial charge is 0.271 e. The fourth-order valence-electron chi connectivity index (χ4n) is 3.12. The van der Waals surface area contributed by atoms with Crippen LogP contribution < -0.4 is 20.1 Å². The van der Waals surface area contributed by atoms with Crippen molar-refractivity contribution in [2.45, 2.75) is 6.92 Å². The third kappa shape index (κ3) is 7.30. The molecule has 2 amide bonds. The van der Waals surface area contributed by atoms with Gasteiger partial charge in [-0.1, -0.05) is 29.8 Å². The normalized spacial score (nSPS) is 10.7. The van der Waals surface area contributed by atoms with Gasteiger partial charge in [0.1, 0.15) is 11.6 Å². The predicted octanol–water partition coefficient (Wildman–Crippen LogP) is 5.13. The minimum absolute atomic E-state index is 0.174. The molecular weight excluding hydrogens is 500 g/mol. The van der Waals surface area contributed by atoms with E-state index in [9.17, 15) is 25.0 Å². The summed E-state index contributed by atoms with van der Waals surface area (Å²) in [7, 11) is 1.41. The summed E-state index contributed by atoms with van der Waals surface area (Å²) < 4.78 is 10.9. The van der Waals surface area contributed by atoms with E-state index in [1.54, 1.807) is 24.3 Å². The Balaban J connectivity index is 1.68. The number of benzene rings is 3. The highest BCUT2D eigenvalue weighted by Gasteiger charge is 2.14. The van der Waals surface area contributed by atoms with Gasteiger partial charge in [-0.25, -0.2) is 0 Å². The van der Waals surface area contributed by atoms with Gasteiger partial charge in [0.25, 0.3) is 17.5 Å². The number of halogens is 1. The number of nitriles is 1. The highest BCUT2D eigenvalue weighted by Crippen LogP contribution is 2.29. The van der Waals surface area contributed by atoms with Gasteiger partial charge >= 0.3 is 0 Å². The van der Waals surface area contributed by atoms with E-state index in [2.05, 4.69) is 10.6 Å². The average molecular weight is 521 g/mol. The van der Waals surface area contributed by atoms with Crippen LogP contribution in [-0.4, -0.2) is 30.5 Å². The number of nitro benzene ring substituents is 1. The minimum atomic E-state index is -0.741. The molecule has 3 aromatic rings. The number of amides is 2. The molecule has 0 aliphatic rings. The van der Waals surface area contributed by atoms with Crippen LogP contribution in [0.5, 0.6) is 11.5 Å². The van der Waals surface area contributed by atoms with Crippen molar-refractivity contribution < 1.29 is 24.0 Å². The number of nitro groups is 1. The van der Waals surface area contributed by atoms with Crippen molar-refractivity contribution in [1.82, 2.24) is 0 Å². The summed E-state index contributed by atoms with van der Waals surface area (Å²) in [6.45, 7) is 1.55. The lowest BCUT2D eigenvalue weighted by atomic mass is 10.1. The van der Waals surface area contributed by atoms with Gasteiger partial charge < -0.3 is 20.1 Å². The van der Waals surface area contributed by atoms with Crippen molar-refractivity contribution in [2.24, 2.45) is 0 Å². The van der Waals surface area contributed by atoms with E-state index in [1.165, 1.54) is 49.6 Å². The maximum Gasteiger partial charge on any atom is 0.271 e. The van der Waals surface area contributed by atoms with Crippen LogP contribution in [0.25, 0.3) is 6.08 Å². The van der Waals surface area contributed by atoms with Crippen LogP contribution in [0.3, 0.4) is 0 Å². The molecule has 37 heavy (non-hydrogen) atoms. The molecule has 0 aromatic heterocycles. The average Bonchev–Trinajstić information content (AvgIpc) is 2.88. The quantitative estimate of drug-likeness (QED) is 0.172. The summed E-state index contributed by atoms with van der Waals surface area (Å²) in [5.74, 6) is -0.599. The monoisotopic (exact) mass is 520 g/mol. The number of hydrogen-bond donors (Lipinski definition) is 2. The van der Waals surface area contributed by atoms with Crippen LogP contribution in [0.15, 0.2) is 66.2 Å². The van der Waals surface area contributed by atoms with Crippen LogP contribution >= 0.6 is 11.6 Å². The summed E-state index contributed by atoms with van der Waals surface area (Å²) in [5, 5.41) is 26.1. The second kappa shape index (κ2) is 12.2. The lowest BCUT2D eigenvalue weighted by Crippen LogP contribution is -2.20. The minimum Gasteiger partial charge on any atom is -0.493 e. The molecule has 3 aromatic carbocycles. The van der Waals surface area contributed by atoms with Crippen LogP contribution in [0.4, 0.5) is 17.1 Å². The number of methoxy groups -OCH3 is 1. The Kier molecular flexibility index (Phi) is 8.81. The van der Waals surface area contributed by atoms with Crippen LogP contribution in [0.1, 0.15) is 11.1 Å². The lowest BCUT2D eigenvalue weighted by molar-refractivity contribution is -0.384. The number of ether oxygens (including phenoxy) is 2. The Morgan fingerprint density at radius 1 is 1.08 bits per heavy atom. The second-order valence-corrected chi connectivity index (χ2v) is 8.05. The number of aryl methyl sites for hydroxylation is 1. The predicted molar refractivity (Wildman–Crippen MR) is 139 cm³/mol. The Morgan fingerprint density at radius 3 is 2.51 bits per heavy atom. The number of nitrogens with zero attached hydrogens (tertiary/aromatic N) is 2. The van der Waals surface area contributed by atoms with Crippen molar-refractivity contribution >= 4 is 46.6 Å². The summed E-state index contributed by atoms with van der Waals surface area (Å²) in [6, 6.07) is 17.0. The second-order valence-electron chi connectivity index (χ2n) is 7.64. The van der Waals surface area contributed by atoms with E-state index >= 15 is 0 Å². The Labute approximate surface area is 217 Å². The van der Waals surface area contributed by atoms with E-state index in [4.69, 9.17) is 21.1 Å². The first-order chi connectivity index (χ1) is 17.7. The number of hydrogen-bond acceptors (Lipinski definition) is 7. The van der Waals surface area contributed by atoms with Crippen LogP contribution in [0, 0.1) is 28.4 Å². The van der Waals surface area contributed by atoms with Gasteiger partial charge in [-0.3, -0.25) is 19.7 Å². The molecule has 0 unspecified atom stereocenters. The number of non-ortho nitro benzene ring substituents is 1. The third-order valence-electron chi connectivity index (χ3n) is 4.99. The molecule has 3 rings (SSSR count). The van der Waals surface area contributed by atoms with Gasteiger partial charge in [-0.05, 0) is 54.5 Å². The summed E-state index contributed by atoms with van der Waals surface area (Å²) in [4.78, 5) is 35.1. The molecular formula is C26H21ClN4O6. The summed E-state index contributed by atoms with van der Waals surface area (Å²) >= 11 is 6.08. The Morgan fingerprint density at radius 2 is 1.84 bits per heavy atom. The highest BCUT2D eigenvalue weighted by molar-refractivity contribution is 6.31. The number of rotatable bonds is 9. The standard InChI is InChI=1S/C26H21ClN4O6/c1-16-6-8-20(13-22(16)27)29-25(32)15-37-23-9-7-17(11-24(23)36-2)10-18(14-28)26(33)30-19-4-3-5-21(12-19)31(34)35/h3-13H,15H2,1-2H3,(H,29,32)(H,30,33)/b18-10-. The largest absolute Gasteiger partial charge is 0.493 e. The summed E-state index contributed by atoms with van der Waals surface area (Å²) in [5.41, 5.74) is 1.61. The first kappa shape index (κ1) is 26.7. The molecule has 2 N–H and O–H groups in total. The van der Waals surface area contributed by atoms with Crippen molar-refractivity contribution in [1.29, 1.82) is 5.26 Å². The van der Waals surface area contributed by atoms with Gasteiger partial charge in [-0.15, -0.1) is 0 Å². The molecule has 0 fully saturated rings. The first-order valence-electron chi connectivity index (χ1n) is 10.7. The highest BCUT2D eigenvalue weighted by atomic mass is 35.5. The van der Waals surface area contributed by atoms with Crippen molar-refractivity contribution in [3.8, 4) is 17.6 Å². The summed E-state index contributed by atoms with van der Waals surface area (Å²) in [6.07, 6.45) is 1.33. The number of anilines is 2. The molecule has 0 spiro atoms. The molecule has 0 atom stereocenters.